The van der Waals surface area contributed by atoms with E-state index < -0.39 is 0 Å². The van der Waals surface area contributed by atoms with Gasteiger partial charge < -0.3 is 19.7 Å². The summed E-state index contributed by atoms with van der Waals surface area (Å²) in [6.07, 6.45) is 1.54. The molecule has 0 unspecified atom stereocenters. The molecule has 0 aliphatic carbocycles. The van der Waals surface area contributed by atoms with Crippen LogP contribution in [-0.4, -0.2) is 48.1 Å². The van der Waals surface area contributed by atoms with Gasteiger partial charge in [-0.1, -0.05) is 12.1 Å². The Labute approximate surface area is 159 Å². The number of nitrogens with zero attached hydrogens (tertiary/aromatic N) is 3. The van der Waals surface area contributed by atoms with Gasteiger partial charge in [0.05, 0.1) is 26.5 Å². The first kappa shape index (κ1) is 18.9. The molecule has 0 saturated heterocycles. The minimum absolute atomic E-state index is 0.0801. The Kier molecular flexibility index (Phi) is 5.78. The van der Waals surface area contributed by atoms with Crippen molar-refractivity contribution >= 4 is 11.7 Å². The second-order valence-electron chi connectivity index (χ2n) is 6.56. The van der Waals surface area contributed by atoms with E-state index in [2.05, 4.69) is 15.3 Å². The Morgan fingerprint density at radius 2 is 2.07 bits per heavy atom. The van der Waals surface area contributed by atoms with Gasteiger partial charge in [-0.15, -0.1) is 0 Å². The summed E-state index contributed by atoms with van der Waals surface area (Å²) in [7, 11) is 3.29. The van der Waals surface area contributed by atoms with Crippen LogP contribution in [0.5, 0.6) is 11.5 Å². The third-order valence-electron chi connectivity index (χ3n) is 4.79. The lowest BCUT2D eigenvalue weighted by Gasteiger charge is -2.28. The summed E-state index contributed by atoms with van der Waals surface area (Å²) in [4.78, 5) is 22.6. The maximum atomic E-state index is 11.7. The quantitative estimate of drug-likeness (QED) is 0.841. The molecule has 0 saturated carbocycles. The van der Waals surface area contributed by atoms with Crippen molar-refractivity contribution in [2.24, 2.45) is 0 Å². The maximum Gasteiger partial charge on any atom is 0.219 e. The molecule has 0 fully saturated rings. The highest BCUT2D eigenvalue weighted by atomic mass is 16.5. The summed E-state index contributed by atoms with van der Waals surface area (Å²) < 4.78 is 10.9. The molecule has 7 nitrogen and oxygen atoms in total. The van der Waals surface area contributed by atoms with E-state index in [0.717, 1.165) is 47.0 Å². The number of amides is 1. The summed E-state index contributed by atoms with van der Waals surface area (Å²) in [6.45, 7) is 5.44. The molecule has 7 heteroatoms. The number of nitrogens with one attached hydrogen (secondary N) is 1. The van der Waals surface area contributed by atoms with Crippen molar-refractivity contribution in [3.05, 3.63) is 40.8 Å². The third-order valence-corrected chi connectivity index (χ3v) is 4.79. The first-order chi connectivity index (χ1) is 13.0. The molecule has 0 bridgehead atoms. The number of rotatable bonds is 6. The molecule has 3 rings (SSSR count). The second kappa shape index (κ2) is 8.24. The molecule has 144 valence electrons. The van der Waals surface area contributed by atoms with E-state index in [1.807, 2.05) is 30.0 Å². The van der Waals surface area contributed by atoms with Crippen LogP contribution in [0.25, 0.3) is 0 Å². The van der Waals surface area contributed by atoms with Gasteiger partial charge in [-0.05, 0) is 31.4 Å². The smallest absolute Gasteiger partial charge is 0.219 e. The lowest BCUT2D eigenvalue weighted by molar-refractivity contribution is -0.129. The first-order valence-electron chi connectivity index (χ1n) is 9.09. The minimum Gasteiger partial charge on any atom is -0.493 e. The minimum atomic E-state index is 0.0801. The lowest BCUT2D eigenvalue weighted by Crippen LogP contribution is -2.35. The van der Waals surface area contributed by atoms with Gasteiger partial charge in [0, 0.05) is 25.6 Å². The van der Waals surface area contributed by atoms with Crippen molar-refractivity contribution in [2.75, 3.05) is 32.6 Å². The highest BCUT2D eigenvalue weighted by Gasteiger charge is 2.23. The number of para-hydroxylation sites is 1. The normalized spacial score (nSPS) is 13.1. The number of benzene rings is 1. The van der Waals surface area contributed by atoms with Crippen LogP contribution in [0.15, 0.2) is 18.2 Å². The molecule has 1 aliphatic heterocycles. The number of aryl methyl sites for hydroxylation is 1. The van der Waals surface area contributed by atoms with E-state index in [4.69, 9.17) is 9.47 Å². The first-order valence-corrected chi connectivity index (χ1v) is 9.09. The number of hydrogen-bond donors (Lipinski definition) is 1. The summed E-state index contributed by atoms with van der Waals surface area (Å²) in [6, 6.07) is 5.89. The van der Waals surface area contributed by atoms with Crippen molar-refractivity contribution < 1.29 is 14.3 Å². The van der Waals surface area contributed by atoms with E-state index in [-0.39, 0.29) is 5.91 Å². The second-order valence-corrected chi connectivity index (χ2v) is 6.56. The van der Waals surface area contributed by atoms with Crippen molar-refractivity contribution in [3.8, 4) is 11.5 Å². The van der Waals surface area contributed by atoms with Crippen LogP contribution in [-0.2, 0) is 24.2 Å². The predicted molar refractivity (Wildman–Crippen MR) is 103 cm³/mol. The van der Waals surface area contributed by atoms with Crippen LogP contribution in [0.3, 0.4) is 0 Å². The van der Waals surface area contributed by atoms with E-state index in [9.17, 15) is 4.79 Å². The van der Waals surface area contributed by atoms with Crippen LogP contribution < -0.4 is 14.8 Å². The molecule has 2 aromatic rings. The molecular weight excluding hydrogens is 344 g/mol. The molecule has 1 N–H and O–H groups in total. The van der Waals surface area contributed by atoms with Crippen molar-refractivity contribution in [1.82, 2.24) is 14.9 Å². The number of hydrogen-bond acceptors (Lipinski definition) is 6. The van der Waals surface area contributed by atoms with E-state index in [1.165, 1.54) is 0 Å². The Bertz CT molecular complexity index is 838. The Morgan fingerprint density at radius 1 is 1.26 bits per heavy atom. The van der Waals surface area contributed by atoms with Crippen LogP contribution >= 0.6 is 0 Å². The fraction of sp³-hybridized carbons (Fsp3) is 0.450. The van der Waals surface area contributed by atoms with Gasteiger partial charge in [-0.25, -0.2) is 9.97 Å². The molecule has 0 radical (unpaired) electrons. The number of methoxy groups -OCH3 is 2. The standard InChI is InChI=1S/C20H26N4O3/c1-13-22-17-12-24(14(2)25)11-9-16(17)20(23-13)21-10-8-15-6-5-7-18(26-3)19(15)27-4/h5-7H,8-12H2,1-4H3,(H,21,22,23). The predicted octanol–water partition coefficient (Wildman–Crippen LogP) is 2.36. The van der Waals surface area contributed by atoms with E-state index in [1.54, 1.807) is 21.1 Å². The molecule has 27 heavy (non-hydrogen) atoms. The number of fused-ring (bicyclic) bond motifs is 1. The zero-order valence-electron chi connectivity index (χ0n) is 16.3. The molecule has 2 heterocycles. The Balaban J connectivity index is 1.74. The summed E-state index contributed by atoms with van der Waals surface area (Å²) >= 11 is 0. The van der Waals surface area contributed by atoms with Crippen LogP contribution in [0.2, 0.25) is 0 Å². The lowest BCUT2D eigenvalue weighted by atomic mass is 10.0. The van der Waals surface area contributed by atoms with Gasteiger partial charge in [0.2, 0.25) is 5.91 Å². The van der Waals surface area contributed by atoms with Gasteiger partial charge in [-0.2, -0.15) is 0 Å². The fourth-order valence-electron chi connectivity index (χ4n) is 3.43. The largest absolute Gasteiger partial charge is 0.493 e. The average Bonchev–Trinajstić information content (AvgIpc) is 2.66. The monoisotopic (exact) mass is 370 g/mol. The van der Waals surface area contributed by atoms with Gasteiger partial charge in [0.25, 0.3) is 0 Å². The topological polar surface area (TPSA) is 76.6 Å². The molecule has 1 aromatic heterocycles. The van der Waals surface area contributed by atoms with Gasteiger partial charge in [0.15, 0.2) is 11.5 Å². The number of anilines is 1. The Hall–Kier alpha value is -2.83. The molecule has 1 aliphatic rings. The molecule has 1 amide bonds. The van der Waals surface area contributed by atoms with Crippen molar-refractivity contribution in [3.63, 3.8) is 0 Å². The number of ether oxygens (including phenoxy) is 2. The molecular formula is C20H26N4O3. The molecule has 0 atom stereocenters. The van der Waals surface area contributed by atoms with Gasteiger partial charge >= 0.3 is 0 Å². The van der Waals surface area contributed by atoms with Gasteiger partial charge in [-0.3, -0.25) is 4.79 Å². The SMILES string of the molecule is COc1cccc(CCNc2nc(C)nc3c2CCN(C(C)=O)C3)c1OC. The summed E-state index contributed by atoms with van der Waals surface area (Å²) in [5, 5.41) is 3.44. The van der Waals surface area contributed by atoms with Crippen LogP contribution in [0.1, 0.15) is 29.6 Å². The highest BCUT2D eigenvalue weighted by Crippen LogP contribution is 2.31. The Morgan fingerprint density at radius 3 is 2.78 bits per heavy atom. The number of carbonyl (C=O) groups excluding carboxylic acids is 1. The zero-order valence-corrected chi connectivity index (χ0v) is 16.3. The van der Waals surface area contributed by atoms with Crippen LogP contribution in [0, 0.1) is 6.92 Å². The highest BCUT2D eigenvalue weighted by molar-refractivity contribution is 5.73. The molecule has 0 spiro atoms. The average molecular weight is 370 g/mol. The summed E-state index contributed by atoms with van der Waals surface area (Å²) in [5.74, 6) is 3.15. The molecule has 1 aromatic carbocycles. The maximum absolute atomic E-state index is 11.7. The van der Waals surface area contributed by atoms with Gasteiger partial charge in [0.1, 0.15) is 11.6 Å². The van der Waals surface area contributed by atoms with Crippen LogP contribution in [0.4, 0.5) is 5.82 Å². The third kappa shape index (κ3) is 4.13. The number of aromatic nitrogens is 2. The number of carbonyl (C=O) groups is 1. The fourth-order valence-corrected chi connectivity index (χ4v) is 3.43. The van der Waals surface area contributed by atoms with E-state index >= 15 is 0 Å². The van der Waals surface area contributed by atoms with Crippen molar-refractivity contribution in [2.45, 2.75) is 33.2 Å². The van der Waals surface area contributed by atoms with Crippen molar-refractivity contribution in [1.29, 1.82) is 0 Å². The zero-order chi connectivity index (χ0) is 19.4. The van der Waals surface area contributed by atoms with E-state index in [0.29, 0.717) is 25.5 Å². The summed E-state index contributed by atoms with van der Waals surface area (Å²) in [5.41, 5.74) is 3.12.